The van der Waals surface area contributed by atoms with E-state index in [1.54, 1.807) is 25.3 Å². The number of nitrogens with one attached hydrogen (secondary N) is 1. The van der Waals surface area contributed by atoms with Crippen LogP contribution < -0.4 is 19.9 Å². The van der Waals surface area contributed by atoms with Gasteiger partial charge in [-0.3, -0.25) is 0 Å². The summed E-state index contributed by atoms with van der Waals surface area (Å²) in [5.41, 5.74) is 6.90. The lowest BCUT2D eigenvalue weighted by Gasteiger charge is -2.13. The van der Waals surface area contributed by atoms with Gasteiger partial charge in [-0.2, -0.15) is 0 Å². The molecule has 0 radical (unpaired) electrons. The van der Waals surface area contributed by atoms with E-state index in [0.29, 0.717) is 23.8 Å². The molecule has 0 aliphatic heterocycles. The molecule has 0 aliphatic rings. The number of rotatable bonds is 11. The molecule has 2 aromatic carbocycles. The lowest BCUT2D eigenvalue weighted by molar-refractivity contribution is 0.285. The fraction of sp³-hybridized carbons (Fsp3) is 0.400. The first-order valence-electron chi connectivity index (χ1n) is 9.11. The monoisotopic (exact) mass is 392 g/mol. The Hall–Kier alpha value is -2.25. The van der Waals surface area contributed by atoms with Crippen molar-refractivity contribution in [3.63, 3.8) is 0 Å². The quantitative estimate of drug-likeness (QED) is 0.449. The normalized spacial score (nSPS) is 11.3. The zero-order chi connectivity index (χ0) is 19.7. The molecule has 0 amide bonds. The average molecular weight is 393 g/mol. The van der Waals surface area contributed by atoms with Crippen LogP contribution in [0.15, 0.2) is 47.4 Å². The summed E-state index contributed by atoms with van der Waals surface area (Å²) in [6, 6.07) is 11.5. The van der Waals surface area contributed by atoms with Crippen LogP contribution in [0.5, 0.6) is 11.5 Å². The number of nitrogen functional groups attached to an aromatic ring is 1. The van der Waals surface area contributed by atoms with Crippen molar-refractivity contribution in [1.82, 2.24) is 4.72 Å². The molecular formula is C20H28N2O4S. The Kier molecular flexibility index (Phi) is 7.94. The van der Waals surface area contributed by atoms with E-state index < -0.39 is 10.0 Å². The van der Waals surface area contributed by atoms with Gasteiger partial charge in [0.25, 0.3) is 0 Å². The van der Waals surface area contributed by atoms with Crippen LogP contribution in [0.2, 0.25) is 0 Å². The van der Waals surface area contributed by atoms with Crippen LogP contribution in [-0.2, 0) is 16.6 Å². The Morgan fingerprint density at radius 2 is 1.74 bits per heavy atom. The van der Waals surface area contributed by atoms with E-state index in [4.69, 9.17) is 15.2 Å². The van der Waals surface area contributed by atoms with Gasteiger partial charge in [-0.1, -0.05) is 32.3 Å². The average Bonchev–Trinajstić information content (AvgIpc) is 2.67. The van der Waals surface area contributed by atoms with Crippen molar-refractivity contribution in [2.45, 2.75) is 44.0 Å². The highest BCUT2D eigenvalue weighted by molar-refractivity contribution is 7.89. The minimum Gasteiger partial charge on any atom is -0.493 e. The Morgan fingerprint density at radius 1 is 1.00 bits per heavy atom. The number of ether oxygens (including phenoxy) is 2. The Labute approximate surface area is 161 Å². The first-order valence-corrected chi connectivity index (χ1v) is 10.6. The summed E-state index contributed by atoms with van der Waals surface area (Å²) in [5.74, 6) is 1.26. The SMILES string of the molecule is CCCCCCOc1ccc(CNS(=O)(=O)c2ccc(N)cc2)cc1OC. The minimum absolute atomic E-state index is 0.153. The third-order valence-corrected chi connectivity index (χ3v) is 5.56. The number of anilines is 1. The van der Waals surface area contributed by atoms with Crippen molar-refractivity contribution in [2.24, 2.45) is 0 Å². The highest BCUT2D eigenvalue weighted by Crippen LogP contribution is 2.28. The molecule has 148 valence electrons. The maximum Gasteiger partial charge on any atom is 0.240 e. The molecule has 0 saturated heterocycles. The van der Waals surface area contributed by atoms with Crippen LogP contribution in [0.4, 0.5) is 5.69 Å². The van der Waals surface area contributed by atoms with Crippen LogP contribution in [-0.4, -0.2) is 22.1 Å². The summed E-state index contributed by atoms with van der Waals surface area (Å²) in [5, 5.41) is 0. The first-order chi connectivity index (χ1) is 13.0. The van der Waals surface area contributed by atoms with Gasteiger partial charge in [0.2, 0.25) is 10.0 Å². The van der Waals surface area contributed by atoms with E-state index in [-0.39, 0.29) is 11.4 Å². The largest absolute Gasteiger partial charge is 0.493 e. The molecule has 6 nitrogen and oxygen atoms in total. The third kappa shape index (κ3) is 6.45. The smallest absolute Gasteiger partial charge is 0.240 e. The standard InChI is InChI=1S/C20H28N2O4S/c1-3-4-5-6-13-26-19-12-7-16(14-20(19)25-2)15-22-27(23,24)18-10-8-17(21)9-11-18/h7-12,14,22H,3-6,13,15,21H2,1-2H3. The minimum atomic E-state index is -3.61. The fourth-order valence-corrected chi connectivity index (χ4v) is 3.58. The van der Waals surface area contributed by atoms with Crippen LogP contribution in [0.1, 0.15) is 38.2 Å². The van der Waals surface area contributed by atoms with Gasteiger partial charge < -0.3 is 15.2 Å². The summed E-state index contributed by atoms with van der Waals surface area (Å²) >= 11 is 0. The fourth-order valence-electron chi connectivity index (χ4n) is 2.56. The molecule has 0 aromatic heterocycles. The lowest BCUT2D eigenvalue weighted by atomic mass is 10.2. The summed E-state index contributed by atoms with van der Waals surface area (Å²) in [4.78, 5) is 0.177. The number of benzene rings is 2. The van der Waals surface area contributed by atoms with E-state index in [0.717, 1.165) is 18.4 Å². The Bertz CT molecular complexity index is 820. The van der Waals surface area contributed by atoms with Gasteiger partial charge in [0.1, 0.15) is 0 Å². The molecule has 2 rings (SSSR count). The number of hydrogen-bond donors (Lipinski definition) is 2. The molecular weight excluding hydrogens is 364 g/mol. The molecule has 0 heterocycles. The van der Waals surface area contributed by atoms with Crippen LogP contribution >= 0.6 is 0 Å². The molecule has 0 fully saturated rings. The topological polar surface area (TPSA) is 90.7 Å². The number of unbranched alkanes of at least 4 members (excludes halogenated alkanes) is 3. The van der Waals surface area contributed by atoms with E-state index >= 15 is 0 Å². The van der Waals surface area contributed by atoms with Gasteiger partial charge in [-0.05, 0) is 48.4 Å². The van der Waals surface area contributed by atoms with E-state index in [9.17, 15) is 8.42 Å². The van der Waals surface area contributed by atoms with E-state index in [1.165, 1.54) is 25.0 Å². The maximum atomic E-state index is 12.4. The second kappa shape index (κ2) is 10.2. The second-order valence-electron chi connectivity index (χ2n) is 6.29. The third-order valence-electron chi connectivity index (χ3n) is 4.14. The van der Waals surface area contributed by atoms with Crippen molar-refractivity contribution in [3.8, 4) is 11.5 Å². The number of nitrogens with two attached hydrogens (primary N) is 1. The zero-order valence-corrected chi connectivity index (χ0v) is 16.7. The molecule has 0 atom stereocenters. The zero-order valence-electron chi connectivity index (χ0n) is 15.9. The van der Waals surface area contributed by atoms with E-state index in [1.807, 2.05) is 12.1 Å². The first kappa shape index (κ1) is 21.1. The molecule has 0 spiro atoms. The Morgan fingerprint density at radius 3 is 2.41 bits per heavy atom. The van der Waals surface area contributed by atoms with Crippen molar-refractivity contribution in [1.29, 1.82) is 0 Å². The van der Waals surface area contributed by atoms with E-state index in [2.05, 4.69) is 11.6 Å². The molecule has 0 unspecified atom stereocenters. The molecule has 7 heteroatoms. The second-order valence-corrected chi connectivity index (χ2v) is 8.05. The van der Waals surface area contributed by atoms with Crippen LogP contribution in [0.3, 0.4) is 0 Å². The van der Waals surface area contributed by atoms with Crippen molar-refractivity contribution < 1.29 is 17.9 Å². The predicted octanol–water partition coefficient (Wildman–Crippen LogP) is 3.72. The molecule has 2 aromatic rings. The van der Waals surface area contributed by atoms with Gasteiger partial charge in [0.15, 0.2) is 11.5 Å². The van der Waals surface area contributed by atoms with Crippen LogP contribution in [0.25, 0.3) is 0 Å². The molecule has 0 saturated carbocycles. The van der Waals surface area contributed by atoms with Gasteiger partial charge in [-0.15, -0.1) is 0 Å². The summed E-state index contributed by atoms with van der Waals surface area (Å²) in [6.45, 7) is 2.96. The molecule has 0 aliphatic carbocycles. The predicted molar refractivity (Wildman–Crippen MR) is 108 cm³/mol. The molecule has 0 bridgehead atoms. The van der Waals surface area contributed by atoms with Crippen molar-refractivity contribution in [3.05, 3.63) is 48.0 Å². The summed E-state index contributed by atoms with van der Waals surface area (Å²) in [6.07, 6.45) is 4.53. The van der Waals surface area contributed by atoms with Crippen molar-refractivity contribution >= 4 is 15.7 Å². The number of sulfonamides is 1. The van der Waals surface area contributed by atoms with Crippen LogP contribution in [0, 0.1) is 0 Å². The highest BCUT2D eigenvalue weighted by Gasteiger charge is 2.14. The highest BCUT2D eigenvalue weighted by atomic mass is 32.2. The van der Waals surface area contributed by atoms with Crippen molar-refractivity contribution in [2.75, 3.05) is 19.5 Å². The summed E-state index contributed by atoms with van der Waals surface area (Å²) in [7, 11) is -2.03. The van der Waals surface area contributed by atoms with Gasteiger partial charge in [0, 0.05) is 12.2 Å². The Balaban J connectivity index is 1.97. The lowest BCUT2D eigenvalue weighted by Crippen LogP contribution is -2.23. The maximum absolute atomic E-state index is 12.4. The van der Waals surface area contributed by atoms with Gasteiger partial charge >= 0.3 is 0 Å². The molecule has 27 heavy (non-hydrogen) atoms. The van der Waals surface area contributed by atoms with Gasteiger partial charge in [-0.25, -0.2) is 13.1 Å². The molecule has 3 N–H and O–H groups in total. The number of methoxy groups -OCH3 is 1. The summed E-state index contributed by atoms with van der Waals surface area (Å²) < 4.78 is 38.5. The number of hydrogen-bond acceptors (Lipinski definition) is 5. The van der Waals surface area contributed by atoms with Gasteiger partial charge in [0.05, 0.1) is 18.6 Å².